The van der Waals surface area contributed by atoms with Gasteiger partial charge in [0.2, 0.25) is 5.91 Å². The Morgan fingerprint density at radius 3 is 2.60 bits per heavy atom. The largest absolute Gasteiger partial charge is 0.338 e. The van der Waals surface area contributed by atoms with Crippen LogP contribution in [0.4, 0.5) is 11.5 Å². The van der Waals surface area contributed by atoms with E-state index in [1.54, 1.807) is 6.92 Å². The van der Waals surface area contributed by atoms with Gasteiger partial charge in [0.25, 0.3) is 0 Å². The number of amides is 1. The number of hydrogen-bond donors (Lipinski definition) is 1. The third-order valence-corrected chi connectivity index (χ3v) is 6.40. The van der Waals surface area contributed by atoms with E-state index in [2.05, 4.69) is 46.3 Å². The first kappa shape index (κ1) is 18.9. The molecular formula is C23H28N6O. The maximum atomic E-state index is 12.0. The van der Waals surface area contributed by atoms with Crippen LogP contribution in [0.2, 0.25) is 0 Å². The molecule has 3 aromatic rings. The van der Waals surface area contributed by atoms with Gasteiger partial charge in [-0.3, -0.25) is 14.2 Å². The summed E-state index contributed by atoms with van der Waals surface area (Å²) in [6, 6.07) is 8.33. The quantitative estimate of drug-likeness (QED) is 0.704. The number of aryl methyl sites for hydroxylation is 1. The molecule has 0 spiro atoms. The summed E-state index contributed by atoms with van der Waals surface area (Å²) in [5.74, 6) is 0.989. The highest BCUT2D eigenvalue weighted by Gasteiger charge is 2.39. The van der Waals surface area contributed by atoms with Gasteiger partial charge in [-0.15, -0.1) is 0 Å². The molecule has 0 radical (unpaired) electrons. The molecule has 1 amide bonds. The lowest BCUT2D eigenvalue weighted by atomic mass is 10.1. The van der Waals surface area contributed by atoms with Crippen molar-refractivity contribution >= 4 is 17.4 Å². The average molecular weight is 405 g/mol. The molecule has 1 aromatic carbocycles. The van der Waals surface area contributed by atoms with Crippen LogP contribution < -0.4 is 5.32 Å². The van der Waals surface area contributed by atoms with E-state index in [4.69, 9.17) is 5.10 Å². The van der Waals surface area contributed by atoms with Gasteiger partial charge in [0.1, 0.15) is 0 Å². The standard InChI is InChI=1S/C23H28N6O/c1-16(30)28-11-8-21-20(14-28)22(26-29(21)15-23(2)9-10-23)25-19-6-4-17(5-7-19)18-12-24-27(3)13-18/h4-7,12-13H,8-11,14-15H2,1-3H3,(H,25,26). The minimum atomic E-state index is 0.120. The van der Waals surface area contributed by atoms with E-state index >= 15 is 0 Å². The summed E-state index contributed by atoms with van der Waals surface area (Å²) in [6.07, 6.45) is 7.27. The van der Waals surface area contributed by atoms with E-state index < -0.39 is 0 Å². The van der Waals surface area contributed by atoms with Crippen LogP contribution in [0.1, 0.15) is 37.9 Å². The van der Waals surface area contributed by atoms with Crippen LogP contribution in [0.15, 0.2) is 36.7 Å². The van der Waals surface area contributed by atoms with E-state index in [9.17, 15) is 4.79 Å². The summed E-state index contributed by atoms with van der Waals surface area (Å²) in [5, 5.41) is 12.7. The third kappa shape index (κ3) is 3.60. The van der Waals surface area contributed by atoms with Gasteiger partial charge in [0, 0.05) is 62.2 Å². The van der Waals surface area contributed by atoms with Gasteiger partial charge in [0.15, 0.2) is 5.82 Å². The molecule has 1 saturated carbocycles. The fraction of sp³-hybridized carbons (Fsp3) is 0.435. The van der Waals surface area contributed by atoms with Gasteiger partial charge < -0.3 is 10.2 Å². The van der Waals surface area contributed by atoms with Gasteiger partial charge in [-0.2, -0.15) is 10.2 Å². The van der Waals surface area contributed by atoms with Crippen molar-refractivity contribution in [2.24, 2.45) is 12.5 Å². The molecule has 30 heavy (non-hydrogen) atoms. The highest BCUT2D eigenvalue weighted by atomic mass is 16.2. The maximum Gasteiger partial charge on any atom is 0.219 e. The molecule has 0 unspecified atom stereocenters. The second kappa shape index (κ2) is 7.00. The summed E-state index contributed by atoms with van der Waals surface area (Å²) in [4.78, 5) is 13.9. The zero-order chi connectivity index (χ0) is 20.9. The van der Waals surface area contributed by atoms with Gasteiger partial charge in [-0.25, -0.2) is 0 Å². The van der Waals surface area contributed by atoms with Crippen molar-refractivity contribution in [1.29, 1.82) is 0 Å². The lowest BCUT2D eigenvalue weighted by molar-refractivity contribution is -0.129. The lowest BCUT2D eigenvalue weighted by Gasteiger charge is -2.27. The smallest absolute Gasteiger partial charge is 0.219 e. The second-order valence-corrected chi connectivity index (χ2v) is 9.04. The fourth-order valence-corrected chi connectivity index (χ4v) is 4.18. The summed E-state index contributed by atoms with van der Waals surface area (Å²) in [5.41, 5.74) is 6.02. The van der Waals surface area contributed by atoms with Crippen molar-refractivity contribution in [3.8, 4) is 11.1 Å². The number of anilines is 2. The average Bonchev–Trinajstić information content (AvgIpc) is 3.15. The summed E-state index contributed by atoms with van der Waals surface area (Å²) < 4.78 is 3.99. The normalized spacial score (nSPS) is 17.0. The number of nitrogens with zero attached hydrogens (tertiary/aromatic N) is 5. The molecule has 0 atom stereocenters. The zero-order valence-electron chi connectivity index (χ0n) is 17.9. The van der Waals surface area contributed by atoms with Crippen LogP contribution in [-0.2, 0) is 31.4 Å². The Balaban J connectivity index is 1.42. The Morgan fingerprint density at radius 1 is 1.20 bits per heavy atom. The predicted octanol–water partition coefficient (Wildman–Crippen LogP) is 3.73. The Bertz CT molecular complexity index is 1090. The maximum absolute atomic E-state index is 12.0. The Hall–Kier alpha value is -3.09. The van der Waals surface area contributed by atoms with Gasteiger partial charge in [-0.1, -0.05) is 19.1 Å². The molecule has 1 N–H and O–H groups in total. The first-order valence-corrected chi connectivity index (χ1v) is 10.6. The molecule has 0 saturated heterocycles. The number of rotatable bonds is 5. The van der Waals surface area contributed by atoms with Crippen LogP contribution in [-0.4, -0.2) is 36.9 Å². The van der Waals surface area contributed by atoms with E-state index in [1.807, 2.05) is 29.0 Å². The van der Waals surface area contributed by atoms with E-state index in [1.165, 1.54) is 18.5 Å². The summed E-state index contributed by atoms with van der Waals surface area (Å²) in [6.45, 7) is 6.32. The van der Waals surface area contributed by atoms with Crippen LogP contribution in [0.5, 0.6) is 0 Å². The molecule has 1 aliphatic heterocycles. The van der Waals surface area contributed by atoms with Crippen molar-refractivity contribution in [3.63, 3.8) is 0 Å². The molecule has 2 aliphatic rings. The molecule has 7 nitrogen and oxygen atoms in total. The van der Waals surface area contributed by atoms with Crippen molar-refractivity contribution < 1.29 is 4.79 Å². The topological polar surface area (TPSA) is 68.0 Å². The van der Waals surface area contributed by atoms with E-state index in [0.29, 0.717) is 12.0 Å². The van der Waals surface area contributed by atoms with Crippen LogP contribution in [0, 0.1) is 5.41 Å². The second-order valence-electron chi connectivity index (χ2n) is 9.04. The number of benzene rings is 1. The highest BCUT2D eigenvalue weighted by molar-refractivity contribution is 5.74. The Kier molecular flexibility index (Phi) is 4.41. The van der Waals surface area contributed by atoms with Crippen molar-refractivity contribution in [1.82, 2.24) is 24.5 Å². The van der Waals surface area contributed by atoms with E-state index in [0.717, 1.165) is 47.7 Å². The van der Waals surface area contributed by atoms with Crippen molar-refractivity contribution in [3.05, 3.63) is 47.9 Å². The molecule has 1 fully saturated rings. The van der Waals surface area contributed by atoms with E-state index in [-0.39, 0.29) is 5.91 Å². The molecular weight excluding hydrogens is 376 g/mol. The molecule has 156 valence electrons. The minimum absolute atomic E-state index is 0.120. The van der Waals surface area contributed by atoms with Crippen LogP contribution >= 0.6 is 0 Å². The van der Waals surface area contributed by atoms with Crippen LogP contribution in [0.25, 0.3) is 11.1 Å². The number of carbonyl (C=O) groups is 1. The molecule has 0 bridgehead atoms. The van der Waals surface area contributed by atoms with Crippen LogP contribution in [0.3, 0.4) is 0 Å². The van der Waals surface area contributed by atoms with Crippen molar-refractivity contribution in [2.45, 2.75) is 46.2 Å². The summed E-state index contributed by atoms with van der Waals surface area (Å²) in [7, 11) is 1.92. The molecule has 3 heterocycles. The Morgan fingerprint density at radius 2 is 1.97 bits per heavy atom. The monoisotopic (exact) mass is 404 g/mol. The Labute approximate surface area is 176 Å². The highest BCUT2D eigenvalue weighted by Crippen LogP contribution is 2.47. The first-order valence-electron chi connectivity index (χ1n) is 10.6. The predicted molar refractivity (Wildman–Crippen MR) is 116 cm³/mol. The molecule has 2 aromatic heterocycles. The summed E-state index contributed by atoms with van der Waals surface area (Å²) >= 11 is 0. The van der Waals surface area contributed by atoms with Crippen molar-refractivity contribution in [2.75, 3.05) is 11.9 Å². The zero-order valence-corrected chi connectivity index (χ0v) is 17.9. The minimum Gasteiger partial charge on any atom is -0.338 e. The van der Waals surface area contributed by atoms with Gasteiger partial charge >= 0.3 is 0 Å². The number of carbonyl (C=O) groups excluding carboxylic acids is 1. The third-order valence-electron chi connectivity index (χ3n) is 6.40. The molecule has 5 rings (SSSR count). The number of aromatic nitrogens is 4. The number of fused-ring (bicyclic) bond motifs is 1. The molecule has 7 heteroatoms. The van der Waals surface area contributed by atoms with Gasteiger partial charge in [-0.05, 0) is 36.0 Å². The SMILES string of the molecule is CC(=O)N1CCc2c(c(Nc3ccc(-c4cnn(C)c4)cc3)nn2CC2(C)CC2)C1. The first-order chi connectivity index (χ1) is 14.4. The lowest BCUT2D eigenvalue weighted by Crippen LogP contribution is -2.35. The number of hydrogen-bond acceptors (Lipinski definition) is 4. The van der Waals surface area contributed by atoms with Gasteiger partial charge in [0.05, 0.1) is 12.7 Å². The molecule has 1 aliphatic carbocycles. The number of nitrogens with one attached hydrogen (secondary N) is 1. The fourth-order valence-electron chi connectivity index (χ4n) is 4.18.